The molecular weight excluding hydrogens is 218 g/mol. The summed E-state index contributed by atoms with van der Waals surface area (Å²) in [6.07, 6.45) is 1.78. The summed E-state index contributed by atoms with van der Waals surface area (Å²) in [6, 6.07) is 9.48. The molecule has 0 fully saturated rings. The average molecular weight is 227 g/mol. The molecule has 0 saturated heterocycles. The normalized spacial score (nSPS) is 11.1. The molecule has 2 aromatic heterocycles. The van der Waals surface area contributed by atoms with Gasteiger partial charge in [-0.2, -0.15) is 0 Å². The van der Waals surface area contributed by atoms with Crippen molar-refractivity contribution >= 4 is 32.3 Å². The molecule has 0 aliphatic rings. The fourth-order valence-electron chi connectivity index (χ4n) is 1.85. The van der Waals surface area contributed by atoms with Crippen LogP contribution in [0.5, 0.6) is 0 Å². The van der Waals surface area contributed by atoms with Gasteiger partial charge < -0.3 is 0 Å². The van der Waals surface area contributed by atoms with Crippen LogP contribution in [0.15, 0.2) is 41.3 Å². The molecule has 78 valence electrons. The van der Waals surface area contributed by atoms with Crippen molar-refractivity contribution in [2.45, 2.75) is 6.92 Å². The maximum atomic E-state index is 12.3. The van der Waals surface area contributed by atoms with Gasteiger partial charge in [-0.3, -0.25) is 9.78 Å². The van der Waals surface area contributed by atoms with E-state index in [-0.39, 0.29) is 5.43 Å². The fourth-order valence-corrected chi connectivity index (χ4v) is 2.79. The zero-order valence-corrected chi connectivity index (χ0v) is 9.54. The smallest absolute Gasteiger partial charge is 0.205 e. The first kappa shape index (κ1) is 9.48. The maximum absolute atomic E-state index is 12.3. The van der Waals surface area contributed by atoms with Gasteiger partial charge in [0, 0.05) is 21.8 Å². The van der Waals surface area contributed by atoms with Gasteiger partial charge in [0.2, 0.25) is 5.43 Å². The van der Waals surface area contributed by atoms with Crippen LogP contribution < -0.4 is 5.43 Å². The molecule has 0 atom stereocenters. The Morgan fingerprint density at radius 3 is 2.94 bits per heavy atom. The first-order valence-corrected chi connectivity index (χ1v) is 5.85. The van der Waals surface area contributed by atoms with Crippen LogP contribution in [-0.2, 0) is 0 Å². The van der Waals surface area contributed by atoms with E-state index in [1.54, 1.807) is 6.20 Å². The summed E-state index contributed by atoms with van der Waals surface area (Å²) in [5.74, 6) is 0. The molecule has 0 N–H and O–H groups in total. The van der Waals surface area contributed by atoms with Crippen LogP contribution in [0, 0.1) is 6.92 Å². The number of rotatable bonds is 0. The summed E-state index contributed by atoms with van der Waals surface area (Å²) in [5, 5.41) is 1.63. The van der Waals surface area contributed by atoms with E-state index in [2.05, 4.69) is 4.98 Å². The molecule has 2 nitrogen and oxygen atoms in total. The van der Waals surface area contributed by atoms with Crippen molar-refractivity contribution in [2.75, 3.05) is 0 Å². The molecule has 3 aromatic rings. The average Bonchev–Trinajstić information content (AvgIpc) is 2.62. The van der Waals surface area contributed by atoms with Crippen LogP contribution in [0.2, 0.25) is 0 Å². The number of hydrogen-bond acceptors (Lipinski definition) is 3. The number of nitrogens with zero attached hydrogens (tertiary/aromatic N) is 1. The molecule has 0 bridgehead atoms. The fraction of sp³-hybridized carbons (Fsp3) is 0.0769. The summed E-state index contributed by atoms with van der Waals surface area (Å²) < 4.78 is 0.797. The Hall–Kier alpha value is -1.74. The van der Waals surface area contributed by atoms with E-state index in [9.17, 15) is 4.79 Å². The second kappa shape index (κ2) is 3.39. The van der Waals surface area contributed by atoms with Gasteiger partial charge in [0.05, 0.1) is 10.2 Å². The second-order valence-electron chi connectivity index (χ2n) is 3.75. The van der Waals surface area contributed by atoms with Crippen molar-refractivity contribution in [3.05, 3.63) is 51.6 Å². The Labute approximate surface area is 96.2 Å². The van der Waals surface area contributed by atoms with E-state index in [0.29, 0.717) is 5.39 Å². The zero-order valence-electron chi connectivity index (χ0n) is 8.73. The number of hydrogen-bond donors (Lipinski definition) is 0. The third kappa shape index (κ3) is 1.32. The highest BCUT2D eigenvalue weighted by molar-refractivity contribution is 7.19. The highest BCUT2D eigenvalue weighted by Crippen LogP contribution is 2.22. The Bertz CT molecular complexity index is 746. The van der Waals surface area contributed by atoms with E-state index in [1.165, 1.54) is 11.3 Å². The molecule has 1 aromatic carbocycles. The third-order valence-electron chi connectivity index (χ3n) is 2.58. The highest BCUT2D eigenvalue weighted by Gasteiger charge is 2.05. The van der Waals surface area contributed by atoms with Crippen molar-refractivity contribution in [2.24, 2.45) is 0 Å². The number of fused-ring (bicyclic) bond motifs is 2. The number of benzene rings is 1. The van der Waals surface area contributed by atoms with E-state index in [4.69, 9.17) is 0 Å². The molecular formula is C13H9NOS. The van der Waals surface area contributed by atoms with Crippen LogP contribution >= 0.6 is 11.3 Å². The Balaban J connectivity index is 2.66. The molecule has 16 heavy (non-hydrogen) atoms. The molecule has 0 amide bonds. The summed E-state index contributed by atoms with van der Waals surface area (Å²) >= 11 is 1.53. The van der Waals surface area contributed by atoms with Gasteiger partial charge in [-0.1, -0.05) is 12.1 Å². The molecule has 0 aliphatic heterocycles. The lowest BCUT2D eigenvalue weighted by molar-refractivity contribution is 1.46. The van der Waals surface area contributed by atoms with Crippen molar-refractivity contribution in [1.82, 2.24) is 4.98 Å². The zero-order chi connectivity index (χ0) is 11.1. The van der Waals surface area contributed by atoms with Crippen LogP contribution in [-0.4, -0.2) is 4.98 Å². The number of para-hydroxylation sites is 1. The second-order valence-corrected chi connectivity index (χ2v) is 5.00. The first-order chi connectivity index (χ1) is 7.75. The molecule has 0 saturated carbocycles. The summed E-state index contributed by atoms with van der Waals surface area (Å²) in [6.45, 7) is 2.01. The number of aromatic nitrogens is 1. The molecule has 3 rings (SSSR count). The van der Waals surface area contributed by atoms with Crippen LogP contribution in [0.3, 0.4) is 0 Å². The van der Waals surface area contributed by atoms with Gasteiger partial charge in [0.25, 0.3) is 0 Å². The minimum atomic E-state index is 0.0844. The predicted molar refractivity (Wildman–Crippen MR) is 68.1 cm³/mol. The summed E-state index contributed by atoms with van der Waals surface area (Å²) in [7, 11) is 0. The van der Waals surface area contributed by atoms with Crippen LogP contribution in [0.4, 0.5) is 0 Å². The van der Waals surface area contributed by atoms with E-state index >= 15 is 0 Å². The van der Waals surface area contributed by atoms with Crippen molar-refractivity contribution in [3.63, 3.8) is 0 Å². The van der Waals surface area contributed by atoms with Crippen LogP contribution in [0.1, 0.15) is 4.88 Å². The van der Waals surface area contributed by atoms with E-state index in [1.807, 2.05) is 37.3 Å². The lowest BCUT2D eigenvalue weighted by atomic mass is 10.2. The minimum Gasteiger partial charge on any atom is -0.288 e. The van der Waals surface area contributed by atoms with Gasteiger partial charge in [-0.05, 0) is 25.1 Å². The topological polar surface area (TPSA) is 30.0 Å². The SMILES string of the molecule is Cc1cc2cnc3ccccc3c(=O)c2s1. The number of thiophene rings is 1. The first-order valence-electron chi connectivity index (χ1n) is 5.04. The third-order valence-corrected chi connectivity index (χ3v) is 3.65. The van der Waals surface area contributed by atoms with Gasteiger partial charge in [0.15, 0.2) is 0 Å². The van der Waals surface area contributed by atoms with Crippen molar-refractivity contribution < 1.29 is 0 Å². The Morgan fingerprint density at radius 2 is 2.06 bits per heavy atom. The molecule has 0 aliphatic carbocycles. The van der Waals surface area contributed by atoms with Gasteiger partial charge >= 0.3 is 0 Å². The molecule has 0 unspecified atom stereocenters. The van der Waals surface area contributed by atoms with E-state index < -0.39 is 0 Å². The largest absolute Gasteiger partial charge is 0.288 e. The van der Waals surface area contributed by atoms with Crippen LogP contribution in [0.25, 0.3) is 21.0 Å². The lowest BCUT2D eigenvalue weighted by Crippen LogP contribution is -1.95. The van der Waals surface area contributed by atoms with Crippen molar-refractivity contribution in [1.29, 1.82) is 0 Å². The standard InChI is InChI=1S/C13H9NOS/c1-8-6-9-7-14-11-5-3-2-4-10(11)12(15)13(9)16-8/h2-7H,1H3. The molecule has 0 spiro atoms. The van der Waals surface area contributed by atoms with Gasteiger partial charge in [-0.25, -0.2) is 0 Å². The summed E-state index contributed by atoms with van der Waals surface area (Å²) in [4.78, 5) is 17.8. The minimum absolute atomic E-state index is 0.0844. The lowest BCUT2D eigenvalue weighted by Gasteiger charge is -1.87. The maximum Gasteiger partial charge on any atom is 0.205 e. The van der Waals surface area contributed by atoms with Gasteiger partial charge in [-0.15, -0.1) is 11.3 Å². The monoisotopic (exact) mass is 227 g/mol. The predicted octanol–water partition coefficient (Wildman–Crippen LogP) is 3.12. The highest BCUT2D eigenvalue weighted by atomic mass is 32.1. The summed E-state index contributed by atoms with van der Waals surface area (Å²) in [5.41, 5.74) is 0.842. The van der Waals surface area contributed by atoms with Gasteiger partial charge in [0.1, 0.15) is 0 Å². The van der Waals surface area contributed by atoms with E-state index in [0.717, 1.165) is 20.5 Å². The Kier molecular flexibility index (Phi) is 2.01. The number of aryl methyl sites for hydroxylation is 1. The molecule has 0 radical (unpaired) electrons. The van der Waals surface area contributed by atoms with Crippen molar-refractivity contribution in [3.8, 4) is 0 Å². The Morgan fingerprint density at radius 1 is 1.25 bits per heavy atom. The molecule has 2 heterocycles. The molecule has 3 heteroatoms. The quantitative estimate of drug-likeness (QED) is 0.590.